The zero-order valence-corrected chi connectivity index (χ0v) is 15.1. The first-order chi connectivity index (χ1) is 12.4. The molecule has 0 fully saturated rings. The number of amides is 2. The highest BCUT2D eigenvalue weighted by atomic mass is 16.5. The maximum absolute atomic E-state index is 12.3. The molecular weight excluding hydrogens is 332 g/mol. The Balaban J connectivity index is 2.01. The molecule has 2 amide bonds. The van der Waals surface area contributed by atoms with Gasteiger partial charge in [-0.05, 0) is 43.3 Å². The number of Topliss-reactive ketones (excluding diaryl/α,β-unsaturated/α-hetero) is 1. The molecule has 2 aromatic carbocycles. The quantitative estimate of drug-likeness (QED) is 0.776. The monoisotopic (exact) mass is 354 g/mol. The van der Waals surface area contributed by atoms with Gasteiger partial charge in [0.25, 0.3) is 5.91 Å². The average Bonchev–Trinajstić information content (AvgIpc) is 2.64. The Morgan fingerprint density at radius 2 is 1.65 bits per heavy atom. The smallest absolute Gasteiger partial charge is 0.255 e. The van der Waals surface area contributed by atoms with Gasteiger partial charge in [0.1, 0.15) is 5.75 Å². The molecule has 0 saturated carbocycles. The summed E-state index contributed by atoms with van der Waals surface area (Å²) in [6.07, 6.45) is 0. The van der Waals surface area contributed by atoms with Gasteiger partial charge in [0, 0.05) is 31.3 Å². The van der Waals surface area contributed by atoms with Gasteiger partial charge >= 0.3 is 0 Å². The van der Waals surface area contributed by atoms with Crippen molar-refractivity contribution in [1.82, 2.24) is 5.32 Å². The molecule has 0 spiro atoms. The molecular formula is C20H22N2O4. The maximum atomic E-state index is 12.3. The molecule has 2 rings (SSSR count). The zero-order chi connectivity index (χ0) is 19.1. The van der Waals surface area contributed by atoms with Gasteiger partial charge in [-0.15, -0.1) is 0 Å². The SMILES string of the molecule is COc1ccccc1C(=O)NCCN(C(C)=O)c1ccc(C(C)=O)cc1. The molecule has 0 radical (unpaired) electrons. The maximum Gasteiger partial charge on any atom is 0.255 e. The van der Waals surface area contributed by atoms with Crippen LogP contribution >= 0.6 is 0 Å². The second kappa shape index (κ2) is 8.80. The van der Waals surface area contributed by atoms with Gasteiger partial charge in [-0.1, -0.05) is 12.1 Å². The third-order valence-corrected chi connectivity index (χ3v) is 3.94. The number of ketones is 1. The fraction of sp³-hybridized carbons (Fsp3) is 0.250. The van der Waals surface area contributed by atoms with Gasteiger partial charge in [0.15, 0.2) is 5.78 Å². The highest BCUT2D eigenvalue weighted by molar-refractivity contribution is 5.97. The van der Waals surface area contributed by atoms with E-state index in [-0.39, 0.29) is 24.1 Å². The van der Waals surface area contributed by atoms with Crippen LogP contribution in [0.1, 0.15) is 34.6 Å². The third-order valence-electron chi connectivity index (χ3n) is 3.94. The predicted molar refractivity (Wildman–Crippen MR) is 99.8 cm³/mol. The van der Waals surface area contributed by atoms with Crippen LogP contribution < -0.4 is 15.0 Å². The summed E-state index contributed by atoms with van der Waals surface area (Å²) in [6.45, 7) is 3.55. The summed E-state index contributed by atoms with van der Waals surface area (Å²) in [4.78, 5) is 37.1. The largest absolute Gasteiger partial charge is 0.496 e. The normalized spacial score (nSPS) is 10.1. The summed E-state index contributed by atoms with van der Waals surface area (Å²) in [5.74, 6) is 0.0493. The van der Waals surface area contributed by atoms with Crippen LogP contribution in [0.3, 0.4) is 0 Å². The summed E-state index contributed by atoms with van der Waals surface area (Å²) in [7, 11) is 1.51. The van der Waals surface area contributed by atoms with E-state index < -0.39 is 0 Å². The Hall–Kier alpha value is -3.15. The number of para-hydroxylation sites is 1. The molecule has 1 N–H and O–H groups in total. The minimum absolute atomic E-state index is 0.0324. The van der Waals surface area contributed by atoms with Crippen molar-refractivity contribution in [1.29, 1.82) is 0 Å². The second-order valence-electron chi connectivity index (χ2n) is 5.73. The molecule has 0 bridgehead atoms. The van der Waals surface area contributed by atoms with E-state index in [1.807, 2.05) is 0 Å². The van der Waals surface area contributed by atoms with Crippen molar-refractivity contribution in [2.75, 3.05) is 25.1 Å². The van der Waals surface area contributed by atoms with Gasteiger partial charge in [-0.25, -0.2) is 0 Å². The molecule has 2 aromatic rings. The minimum Gasteiger partial charge on any atom is -0.496 e. The Morgan fingerprint density at radius 1 is 1.00 bits per heavy atom. The lowest BCUT2D eigenvalue weighted by atomic mass is 10.1. The number of nitrogens with one attached hydrogen (secondary N) is 1. The number of methoxy groups -OCH3 is 1. The Morgan fingerprint density at radius 3 is 2.23 bits per heavy atom. The standard InChI is InChI=1S/C20H22N2O4/c1-14(23)16-8-10-17(11-9-16)22(15(2)24)13-12-21-20(25)18-6-4-5-7-19(18)26-3/h4-11H,12-13H2,1-3H3,(H,21,25). The number of carbonyl (C=O) groups excluding carboxylic acids is 3. The summed E-state index contributed by atoms with van der Waals surface area (Å²) in [5, 5.41) is 2.79. The number of carbonyl (C=O) groups is 3. The van der Waals surface area contributed by atoms with E-state index in [9.17, 15) is 14.4 Å². The molecule has 26 heavy (non-hydrogen) atoms. The molecule has 0 aliphatic heterocycles. The Labute approximate surface area is 152 Å². The van der Waals surface area contributed by atoms with Crippen LogP contribution in [0.4, 0.5) is 5.69 Å². The first kappa shape index (κ1) is 19.2. The van der Waals surface area contributed by atoms with Gasteiger partial charge in [-0.2, -0.15) is 0 Å². The highest BCUT2D eigenvalue weighted by Crippen LogP contribution is 2.17. The first-order valence-corrected chi connectivity index (χ1v) is 8.24. The number of benzene rings is 2. The number of anilines is 1. The van der Waals surface area contributed by atoms with E-state index in [2.05, 4.69) is 5.32 Å². The van der Waals surface area contributed by atoms with Crippen molar-refractivity contribution in [3.05, 3.63) is 59.7 Å². The van der Waals surface area contributed by atoms with Crippen LogP contribution in [0, 0.1) is 0 Å². The number of hydrogen-bond donors (Lipinski definition) is 1. The van der Waals surface area contributed by atoms with Gasteiger partial charge in [-0.3, -0.25) is 14.4 Å². The van der Waals surface area contributed by atoms with E-state index in [0.717, 1.165) is 0 Å². The summed E-state index contributed by atoms with van der Waals surface area (Å²) < 4.78 is 5.18. The lowest BCUT2D eigenvalue weighted by Crippen LogP contribution is -2.37. The minimum atomic E-state index is -0.266. The number of hydrogen-bond acceptors (Lipinski definition) is 4. The lowest BCUT2D eigenvalue weighted by molar-refractivity contribution is -0.116. The molecule has 6 nitrogen and oxygen atoms in total. The van der Waals surface area contributed by atoms with Crippen molar-refractivity contribution in [3.8, 4) is 5.75 Å². The summed E-state index contributed by atoms with van der Waals surface area (Å²) >= 11 is 0. The number of rotatable bonds is 7. The zero-order valence-electron chi connectivity index (χ0n) is 15.1. The molecule has 0 heterocycles. The Bertz CT molecular complexity index is 800. The van der Waals surface area contributed by atoms with Crippen LogP contribution in [-0.4, -0.2) is 37.8 Å². The fourth-order valence-corrected chi connectivity index (χ4v) is 2.55. The van der Waals surface area contributed by atoms with Crippen molar-refractivity contribution >= 4 is 23.3 Å². The molecule has 0 aliphatic rings. The third kappa shape index (κ3) is 4.69. The molecule has 0 unspecified atom stereocenters. The van der Waals surface area contributed by atoms with E-state index in [4.69, 9.17) is 4.74 Å². The van der Waals surface area contributed by atoms with E-state index in [0.29, 0.717) is 29.1 Å². The van der Waals surface area contributed by atoms with E-state index in [1.54, 1.807) is 53.4 Å². The van der Waals surface area contributed by atoms with Crippen LogP contribution in [0.5, 0.6) is 5.75 Å². The van der Waals surface area contributed by atoms with Gasteiger partial charge in [0.05, 0.1) is 12.7 Å². The summed E-state index contributed by atoms with van der Waals surface area (Å²) in [5.41, 5.74) is 1.70. The van der Waals surface area contributed by atoms with Crippen LogP contribution in [0.15, 0.2) is 48.5 Å². The summed E-state index contributed by atoms with van der Waals surface area (Å²) in [6, 6.07) is 13.8. The van der Waals surface area contributed by atoms with Crippen molar-refractivity contribution in [2.45, 2.75) is 13.8 Å². The van der Waals surface area contributed by atoms with Gasteiger partial charge < -0.3 is 15.0 Å². The van der Waals surface area contributed by atoms with Crippen LogP contribution in [-0.2, 0) is 4.79 Å². The molecule has 136 valence electrons. The lowest BCUT2D eigenvalue weighted by Gasteiger charge is -2.21. The van der Waals surface area contributed by atoms with Crippen molar-refractivity contribution in [3.63, 3.8) is 0 Å². The van der Waals surface area contributed by atoms with Crippen LogP contribution in [0.25, 0.3) is 0 Å². The highest BCUT2D eigenvalue weighted by Gasteiger charge is 2.14. The van der Waals surface area contributed by atoms with E-state index >= 15 is 0 Å². The first-order valence-electron chi connectivity index (χ1n) is 8.24. The van der Waals surface area contributed by atoms with Crippen molar-refractivity contribution in [2.24, 2.45) is 0 Å². The number of ether oxygens (including phenoxy) is 1. The Kier molecular flexibility index (Phi) is 6.49. The van der Waals surface area contributed by atoms with Crippen LogP contribution in [0.2, 0.25) is 0 Å². The molecule has 0 aliphatic carbocycles. The molecule has 0 aromatic heterocycles. The fourth-order valence-electron chi connectivity index (χ4n) is 2.55. The van der Waals surface area contributed by atoms with Crippen molar-refractivity contribution < 1.29 is 19.1 Å². The molecule has 0 atom stereocenters. The average molecular weight is 354 g/mol. The molecule has 0 saturated heterocycles. The predicted octanol–water partition coefficient (Wildman–Crippen LogP) is 2.68. The van der Waals surface area contributed by atoms with Gasteiger partial charge in [0.2, 0.25) is 5.91 Å². The second-order valence-corrected chi connectivity index (χ2v) is 5.73. The molecule has 6 heteroatoms. The topological polar surface area (TPSA) is 75.7 Å². The van der Waals surface area contributed by atoms with E-state index in [1.165, 1.54) is 21.0 Å². The number of nitrogens with zero attached hydrogens (tertiary/aromatic N) is 1.